The first-order valence-electron chi connectivity index (χ1n) is 3.27. The van der Waals surface area contributed by atoms with Crippen LogP contribution in [0.4, 0.5) is 0 Å². The van der Waals surface area contributed by atoms with E-state index < -0.39 is 0 Å². The van der Waals surface area contributed by atoms with Crippen LogP contribution in [-0.2, 0) is 0 Å². The van der Waals surface area contributed by atoms with E-state index in [9.17, 15) is 0 Å². The van der Waals surface area contributed by atoms with Crippen LogP contribution in [-0.4, -0.2) is 5.33 Å². The summed E-state index contributed by atoms with van der Waals surface area (Å²) in [6, 6.07) is 0. The van der Waals surface area contributed by atoms with Crippen LogP contribution in [0.3, 0.4) is 0 Å². The molecule has 0 nitrogen and oxygen atoms in total. The van der Waals surface area contributed by atoms with Crippen molar-refractivity contribution in [1.82, 2.24) is 0 Å². The van der Waals surface area contributed by atoms with Crippen molar-refractivity contribution in [2.24, 2.45) is 0 Å². The lowest BCUT2D eigenvalue weighted by molar-refractivity contribution is 0.695. The predicted molar refractivity (Wildman–Crippen MR) is 45.1 cm³/mol. The summed E-state index contributed by atoms with van der Waals surface area (Å²) in [5.74, 6) is 0. The second-order valence-electron chi connectivity index (χ2n) is 2.35. The molecule has 1 aliphatic rings. The number of allylic oxidation sites excluding steroid dienone is 2. The number of rotatable bonds is 1. The molecule has 0 amide bonds. The molecule has 0 heterocycles. The van der Waals surface area contributed by atoms with Gasteiger partial charge in [0.15, 0.2) is 0 Å². The average molecular weight is 210 g/mol. The van der Waals surface area contributed by atoms with E-state index >= 15 is 0 Å². The molecule has 0 aromatic carbocycles. The molecule has 9 heavy (non-hydrogen) atoms. The highest BCUT2D eigenvalue weighted by Crippen LogP contribution is 2.28. The summed E-state index contributed by atoms with van der Waals surface area (Å²) in [4.78, 5) is 0. The van der Waals surface area contributed by atoms with Crippen LogP contribution < -0.4 is 0 Å². The van der Waals surface area contributed by atoms with E-state index in [1.165, 1.54) is 24.8 Å². The Labute approximate surface area is 69.4 Å². The fraction of sp³-hybridized carbons (Fsp3) is 0.714. The first kappa shape index (κ1) is 7.62. The van der Waals surface area contributed by atoms with Gasteiger partial charge in [-0.2, -0.15) is 0 Å². The molecule has 0 bridgehead atoms. The Morgan fingerprint density at radius 1 is 1.33 bits per heavy atom. The summed E-state index contributed by atoms with van der Waals surface area (Å²) < 4.78 is 0. The van der Waals surface area contributed by atoms with Crippen molar-refractivity contribution in [2.45, 2.75) is 25.7 Å². The molecule has 52 valence electrons. The molecule has 0 spiro atoms. The highest BCUT2D eigenvalue weighted by atomic mass is 79.9. The van der Waals surface area contributed by atoms with Gasteiger partial charge in [-0.05, 0) is 31.3 Å². The third-order valence-corrected chi connectivity index (χ3v) is 2.80. The number of hydrogen-bond acceptors (Lipinski definition) is 0. The molecule has 0 atom stereocenters. The van der Waals surface area contributed by atoms with Gasteiger partial charge in [0.2, 0.25) is 0 Å². The summed E-state index contributed by atoms with van der Waals surface area (Å²) in [7, 11) is 0. The first-order valence-corrected chi connectivity index (χ1v) is 4.77. The minimum atomic E-state index is 0.964. The number of hydrogen-bond donors (Lipinski definition) is 0. The molecule has 0 saturated heterocycles. The molecule has 0 aromatic rings. The molecular formula is C7H10BrCl. The smallest absolute Gasteiger partial charge is 0.0256 e. The van der Waals surface area contributed by atoms with Gasteiger partial charge in [-0.15, -0.1) is 0 Å². The van der Waals surface area contributed by atoms with Crippen molar-refractivity contribution in [2.75, 3.05) is 5.33 Å². The summed E-state index contributed by atoms with van der Waals surface area (Å²) in [5, 5.41) is 2.06. The van der Waals surface area contributed by atoms with Gasteiger partial charge in [0.05, 0.1) is 0 Å². The molecule has 0 aromatic heterocycles. The van der Waals surface area contributed by atoms with Crippen molar-refractivity contribution >= 4 is 27.5 Å². The van der Waals surface area contributed by atoms with E-state index in [2.05, 4.69) is 15.9 Å². The van der Waals surface area contributed by atoms with Gasteiger partial charge in [0.1, 0.15) is 0 Å². The number of halogens is 2. The van der Waals surface area contributed by atoms with E-state index in [-0.39, 0.29) is 0 Å². The zero-order valence-electron chi connectivity index (χ0n) is 5.29. The Bertz CT molecular complexity index is 129. The lowest BCUT2D eigenvalue weighted by Crippen LogP contribution is -1.95. The molecule has 0 N–H and O–H groups in total. The van der Waals surface area contributed by atoms with Crippen molar-refractivity contribution in [3.63, 3.8) is 0 Å². The summed E-state index contributed by atoms with van der Waals surface area (Å²) in [5.41, 5.74) is 1.41. The van der Waals surface area contributed by atoms with Crippen LogP contribution in [0.15, 0.2) is 10.6 Å². The topological polar surface area (TPSA) is 0 Å². The molecule has 0 radical (unpaired) electrons. The average Bonchev–Trinajstić information content (AvgIpc) is 1.89. The van der Waals surface area contributed by atoms with Crippen LogP contribution in [0, 0.1) is 0 Å². The Balaban J connectivity index is 2.59. The molecule has 0 aliphatic heterocycles. The highest BCUT2D eigenvalue weighted by molar-refractivity contribution is 9.09. The third-order valence-electron chi connectivity index (χ3n) is 1.67. The van der Waals surface area contributed by atoms with E-state index in [1.54, 1.807) is 0 Å². The normalized spacial score (nSPS) is 20.7. The molecule has 2 heteroatoms. The monoisotopic (exact) mass is 208 g/mol. The minimum absolute atomic E-state index is 0.964. The van der Waals surface area contributed by atoms with Gasteiger partial charge in [0, 0.05) is 10.4 Å². The molecule has 1 rings (SSSR count). The quantitative estimate of drug-likeness (QED) is 0.580. The minimum Gasteiger partial charge on any atom is -0.0892 e. The first-order chi connectivity index (χ1) is 4.34. The van der Waals surface area contributed by atoms with Crippen molar-refractivity contribution in [1.29, 1.82) is 0 Å². The molecule has 0 fully saturated rings. The number of alkyl halides is 1. The van der Waals surface area contributed by atoms with Crippen molar-refractivity contribution in [3.05, 3.63) is 10.6 Å². The second kappa shape index (κ2) is 3.62. The lowest BCUT2D eigenvalue weighted by atomic mass is 10.0. The standard InChI is InChI=1S/C7H10BrCl/c8-5-6-3-1-2-4-7(6)9/h1-5H2. The molecule has 0 saturated carbocycles. The van der Waals surface area contributed by atoms with Crippen LogP contribution in [0.2, 0.25) is 0 Å². The third kappa shape index (κ3) is 1.98. The lowest BCUT2D eigenvalue weighted by Gasteiger charge is -2.12. The van der Waals surface area contributed by atoms with Gasteiger partial charge in [-0.1, -0.05) is 27.5 Å². The summed E-state index contributed by atoms with van der Waals surface area (Å²) in [6.45, 7) is 0. The SMILES string of the molecule is ClC1=C(CBr)CCCC1. The van der Waals surface area contributed by atoms with Gasteiger partial charge in [-0.25, -0.2) is 0 Å². The fourth-order valence-corrected chi connectivity index (χ4v) is 2.15. The highest BCUT2D eigenvalue weighted by Gasteiger charge is 2.08. The molecule has 0 unspecified atom stereocenters. The summed E-state index contributed by atoms with van der Waals surface area (Å²) >= 11 is 9.34. The Kier molecular flexibility index (Phi) is 3.07. The van der Waals surface area contributed by atoms with Crippen LogP contribution in [0.5, 0.6) is 0 Å². The van der Waals surface area contributed by atoms with E-state index in [1.807, 2.05) is 0 Å². The van der Waals surface area contributed by atoms with E-state index in [0.717, 1.165) is 16.8 Å². The van der Waals surface area contributed by atoms with Gasteiger partial charge in [-0.3, -0.25) is 0 Å². The largest absolute Gasteiger partial charge is 0.0892 e. The summed E-state index contributed by atoms with van der Waals surface area (Å²) in [6.07, 6.45) is 4.89. The maximum atomic E-state index is 5.93. The zero-order valence-corrected chi connectivity index (χ0v) is 7.63. The van der Waals surface area contributed by atoms with Crippen molar-refractivity contribution in [3.8, 4) is 0 Å². The molecular weight excluding hydrogens is 199 g/mol. The Morgan fingerprint density at radius 2 is 2.00 bits per heavy atom. The Hall–Kier alpha value is 0.510. The predicted octanol–water partition coefficient (Wildman–Crippen LogP) is 3.45. The maximum absolute atomic E-state index is 5.93. The van der Waals surface area contributed by atoms with Crippen molar-refractivity contribution < 1.29 is 0 Å². The van der Waals surface area contributed by atoms with Crippen LogP contribution in [0.1, 0.15) is 25.7 Å². The van der Waals surface area contributed by atoms with E-state index in [4.69, 9.17) is 11.6 Å². The van der Waals surface area contributed by atoms with Gasteiger partial charge in [0.25, 0.3) is 0 Å². The second-order valence-corrected chi connectivity index (χ2v) is 3.37. The van der Waals surface area contributed by atoms with Crippen LogP contribution in [0.25, 0.3) is 0 Å². The van der Waals surface area contributed by atoms with E-state index in [0.29, 0.717) is 0 Å². The fourth-order valence-electron chi connectivity index (χ4n) is 1.07. The molecule has 1 aliphatic carbocycles. The zero-order chi connectivity index (χ0) is 6.69. The van der Waals surface area contributed by atoms with Gasteiger partial charge >= 0.3 is 0 Å². The maximum Gasteiger partial charge on any atom is 0.0256 e. The van der Waals surface area contributed by atoms with Crippen LogP contribution >= 0.6 is 27.5 Å². The Morgan fingerprint density at radius 3 is 2.44 bits per heavy atom. The van der Waals surface area contributed by atoms with Gasteiger partial charge < -0.3 is 0 Å².